The Morgan fingerprint density at radius 3 is 2.94 bits per heavy atom. The molecule has 0 atom stereocenters. The van der Waals surface area contributed by atoms with Gasteiger partial charge in [0, 0.05) is 19.3 Å². The number of carbonyl (C=O) groups excluding carboxylic acids is 1. The molecule has 0 bridgehead atoms. The lowest BCUT2D eigenvalue weighted by atomic mass is 10.2. The van der Waals surface area contributed by atoms with Crippen LogP contribution in [0.4, 0.5) is 0 Å². The Labute approximate surface area is 105 Å². The minimum Gasteiger partial charge on any atom is -0.478 e. The van der Waals surface area contributed by atoms with Gasteiger partial charge in [-0.1, -0.05) is 6.08 Å². The van der Waals surface area contributed by atoms with Gasteiger partial charge in [-0.25, -0.2) is 4.79 Å². The van der Waals surface area contributed by atoms with Gasteiger partial charge in [-0.3, -0.25) is 9.78 Å². The normalized spacial score (nSPS) is 9.78. The molecular weight excluding hydrogens is 234 g/mol. The Balaban J connectivity index is 2.39. The van der Waals surface area contributed by atoms with Crippen molar-refractivity contribution in [1.82, 2.24) is 15.6 Å². The number of pyridine rings is 1. The fourth-order valence-electron chi connectivity index (χ4n) is 1.26. The van der Waals surface area contributed by atoms with Crippen LogP contribution < -0.4 is 10.6 Å². The SMILES string of the molecule is C=CCNC(=O)CNCc1cc(C(=O)O)ccn1. The Bertz CT molecular complexity index is 446. The summed E-state index contributed by atoms with van der Waals surface area (Å²) in [5.74, 6) is -1.15. The fraction of sp³-hybridized carbons (Fsp3) is 0.250. The molecule has 1 rings (SSSR count). The number of amides is 1. The van der Waals surface area contributed by atoms with Crippen LogP contribution in [-0.2, 0) is 11.3 Å². The number of hydrogen-bond donors (Lipinski definition) is 3. The van der Waals surface area contributed by atoms with E-state index < -0.39 is 5.97 Å². The highest BCUT2D eigenvalue weighted by molar-refractivity contribution is 5.87. The summed E-state index contributed by atoms with van der Waals surface area (Å²) in [6.45, 7) is 4.39. The summed E-state index contributed by atoms with van der Waals surface area (Å²) in [6.07, 6.45) is 3.02. The quantitative estimate of drug-likeness (QED) is 0.599. The number of carboxylic acids is 1. The minimum atomic E-state index is -0.998. The van der Waals surface area contributed by atoms with Crippen molar-refractivity contribution >= 4 is 11.9 Å². The molecule has 0 fully saturated rings. The number of aromatic nitrogens is 1. The molecule has 3 N–H and O–H groups in total. The third-order valence-electron chi connectivity index (χ3n) is 2.10. The van der Waals surface area contributed by atoms with Crippen molar-refractivity contribution in [3.05, 3.63) is 42.2 Å². The molecule has 0 aromatic carbocycles. The monoisotopic (exact) mass is 249 g/mol. The smallest absolute Gasteiger partial charge is 0.335 e. The van der Waals surface area contributed by atoms with E-state index in [4.69, 9.17) is 5.11 Å². The van der Waals surface area contributed by atoms with E-state index in [1.807, 2.05) is 0 Å². The molecule has 0 aliphatic carbocycles. The molecule has 18 heavy (non-hydrogen) atoms. The molecular formula is C12H15N3O3. The summed E-state index contributed by atoms with van der Waals surface area (Å²) < 4.78 is 0. The molecule has 0 saturated heterocycles. The second kappa shape index (κ2) is 7.18. The van der Waals surface area contributed by atoms with Crippen LogP contribution in [0.5, 0.6) is 0 Å². The zero-order chi connectivity index (χ0) is 13.4. The van der Waals surface area contributed by atoms with Crippen molar-refractivity contribution < 1.29 is 14.7 Å². The summed E-state index contributed by atoms with van der Waals surface area (Å²) in [5, 5.41) is 14.3. The van der Waals surface area contributed by atoms with Gasteiger partial charge in [-0.05, 0) is 12.1 Å². The zero-order valence-corrected chi connectivity index (χ0v) is 9.85. The predicted octanol–water partition coefficient (Wildman–Crippen LogP) is 0.172. The average Bonchev–Trinajstić information content (AvgIpc) is 2.36. The van der Waals surface area contributed by atoms with Crippen molar-refractivity contribution in [2.75, 3.05) is 13.1 Å². The van der Waals surface area contributed by atoms with Crippen LogP contribution >= 0.6 is 0 Å². The van der Waals surface area contributed by atoms with Crippen LogP contribution in [0.1, 0.15) is 16.1 Å². The maximum absolute atomic E-state index is 11.2. The van der Waals surface area contributed by atoms with E-state index in [2.05, 4.69) is 22.2 Å². The first-order chi connectivity index (χ1) is 8.63. The van der Waals surface area contributed by atoms with Gasteiger partial charge < -0.3 is 15.7 Å². The highest BCUT2D eigenvalue weighted by Gasteiger charge is 2.04. The molecule has 6 heteroatoms. The van der Waals surface area contributed by atoms with E-state index in [1.54, 1.807) is 6.08 Å². The standard InChI is InChI=1S/C12H15N3O3/c1-2-4-15-11(16)8-13-7-10-6-9(12(17)18)3-5-14-10/h2-3,5-6,13H,1,4,7-8H2,(H,15,16)(H,17,18). The third-order valence-corrected chi connectivity index (χ3v) is 2.10. The van der Waals surface area contributed by atoms with Crippen molar-refractivity contribution in [1.29, 1.82) is 0 Å². The molecule has 6 nitrogen and oxygen atoms in total. The molecule has 96 valence electrons. The number of nitrogens with zero attached hydrogens (tertiary/aromatic N) is 1. The topological polar surface area (TPSA) is 91.3 Å². The van der Waals surface area contributed by atoms with Crippen molar-refractivity contribution in [3.63, 3.8) is 0 Å². The summed E-state index contributed by atoms with van der Waals surface area (Å²) in [7, 11) is 0. The number of carboxylic acid groups (broad SMARTS) is 1. The zero-order valence-electron chi connectivity index (χ0n) is 9.85. The predicted molar refractivity (Wildman–Crippen MR) is 66.1 cm³/mol. The van der Waals surface area contributed by atoms with E-state index in [1.165, 1.54) is 18.3 Å². The lowest BCUT2D eigenvalue weighted by Gasteiger charge is -2.05. The molecule has 0 saturated carbocycles. The fourth-order valence-corrected chi connectivity index (χ4v) is 1.26. The van der Waals surface area contributed by atoms with E-state index >= 15 is 0 Å². The van der Waals surface area contributed by atoms with Gasteiger partial charge in [-0.2, -0.15) is 0 Å². The van der Waals surface area contributed by atoms with E-state index in [0.717, 1.165) is 0 Å². The molecule has 0 spiro atoms. The van der Waals surface area contributed by atoms with Gasteiger partial charge in [0.25, 0.3) is 0 Å². The van der Waals surface area contributed by atoms with Crippen LogP contribution in [-0.4, -0.2) is 35.1 Å². The molecule has 0 unspecified atom stereocenters. The number of carbonyl (C=O) groups is 2. The van der Waals surface area contributed by atoms with Crippen LogP contribution in [0, 0.1) is 0 Å². The van der Waals surface area contributed by atoms with E-state index in [0.29, 0.717) is 18.8 Å². The highest BCUT2D eigenvalue weighted by atomic mass is 16.4. The van der Waals surface area contributed by atoms with Gasteiger partial charge in [0.15, 0.2) is 0 Å². The van der Waals surface area contributed by atoms with Gasteiger partial charge in [-0.15, -0.1) is 6.58 Å². The summed E-state index contributed by atoms with van der Waals surface area (Å²) in [4.78, 5) is 26.0. The summed E-state index contributed by atoms with van der Waals surface area (Å²) in [5.41, 5.74) is 0.754. The van der Waals surface area contributed by atoms with Crippen LogP contribution in [0.25, 0.3) is 0 Å². The van der Waals surface area contributed by atoms with Crippen molar-refractivity contribution in [2.24, 2.45) is 0 Å². The Kier molecular flexibility index (Phi) is 5.53. The van der Waals surface area contributed by atoms with Gasteiger partial charge in [0.1, 0.15) is 0 Å². The van der Waals surface area contributed by atoms with Crippen LogP contribution in [0.3, 0.4) is 0 Å². The lowest BCUT2D eigenvalue weighted by molar-refractivity contribution is -0.120. The van der Waals surface area contributed by atoms with Gasteiger partial charge in [0.05, 0.1) is 17.8 Å². The number of aromatic carboxylic acids is 1. The second-order valence-corrected chi connectivity index (χ2v) is 3.54. The number of hydrogen-bond acceptors (Lipinski definition) is 4. The lowest BCUT2D eigenvalue weighted by Crippen LogP contribution is -2.33. The first-order valence-electron chi connectivity index (χ1n) is 5.40. The number of rotatable bonds is 7. The first kappa shape index (κ1) is 13.9. The molecule has 1 amide bonds. The highest BCUT2D eigenvalue weighted by Crippen LogP contribution is 2.01. The van der Waals surface area contributed by atoms with Crippen molar-refractivity contribution in [2.45, 2.75) is 6.54 Å². The summed E-state index contributed by atoms with van der Waals surface area (Å²) >= 11 is 0. The maximum atomic E-state index is 11.2. The Hall–Kier alpha value is -2.21. The van der Waals surface area contributed by atoms with Crippen LogP contribution in [0.2, 0.25) is 0 Å². The molecule has 1 heterocycles. The van der Waals surface area contributed by atoms with Crippen molar-refractivity contribution in [3.8, 4) is 0 Å². The Morgan fingerprint density at radius 1 is 1.50 bits per heavy atom. The molecule has 0 aliphatic heterocycles. The molecule has 0 aliphatic rings. The average molecular weight is 249 g/mol. The Morgan fingerprint density at radius 2 is 2.28 bits per heavy atom. The van der Waals surface area contributed by atoms with E-state index in [-0.39, 0.29) is 18.0 Å². The molecule has 1 aromatic heterocycles. The first-order valence-corrected chi connectivity index (χ1v) is 5.40. The van der Waals surface area contributed by atoms with E-state index in [9.17, 15) is 9.59 Å². The largest absolute Gasteiger partial charge is 0.478 e. The van der Waals surface area contributed by atoms with Crippen LogP contribution in [0.15, 0.2) is 31.0 Å². The second-order valence-electron chi connectivity index (χ2n) is 3.54. The van der Waals surface area contributed by atoms with Gasteiger partial charge in [0.2, 0.25) is 5.91 Å². The third kappa shape index (κ3) is 4.75. The minimum absolute atomic E-state index is 0.146. The van der Waals surface area contributed by atoms with Gasteiger partial charge >= 0.3 is 5.97 Å². The summed E-state index contributed by atoms with van der Waals surface area (Å²) in [6, 6.07) is 2.89. The maximum Gasteiger partial charge on any atom is 0.335 e. The molecule has 1 aromatic rings. The molecule has 0 radical (unpaired) electrons. The number of nitrogens with one attached hydrogen (secondary N) is 2.